The van der Waals surface area contributed by atoms with Gasteiger partial charge in [-0.1, -0.05) is 6.07 Å². The van der Waals surface area contributed by atoms with Gasteiger partial charge < -0.3 is 25.0 Å². The van der Waals surface area contributed by atoms with Crippen LogP contribution in [0.4, 0.5) is 5.69 Å². The van der Waals surface area contributed by atoms with Gasteiger partial charge in [0.2, 0.25) is 5.91 Å². The van der Waals surface area contributed by atoms with Crippen LogP contribution in [0.1, 0.15) is 38.2 Å². The van der Waals surface area contributed by atoms with Crippen LogP contribution in [0.15, 0.2) is 42.9 Å². The number of carbonyl (C=O) groups is 1. The number of rotatable bonds is 7. The Morgan fingerprint density at radius 1 is 1.10 bits per heavy atom. The topological polar surface area (TPSA) is 101 Å². The third-order valence-corrected chi connectivity index (χ3v) is 9.69. The van der Waals surface area contributed by atoms with Crippen LogP contribution in [0.25, 0.3) is 16.8 Å². The van der Waals surface area contributed by atoms with Crippen molar-refractivity contribution in [1.82, 2.24) is 24.4 Å². The van der Waals surface area contributed by atoms with Crippen LogP contribution < -0.4 is 10.6 Å². The van der Waals surface area contributed by atoms with Gasteiger partial charge in [-0.25, -0.2) is 4.52 Å². The molecule has 2 N–H and O–H groups in total. The molecule has 7 rings (SSSR count). The van der Waals surface area contributed by atoms with E-state index in [0.29, 0.717) is 12.6 Å². The maximum absolute atomic E-state index is 12.8. The Morgan fingerprint density at radius 3 is 2.51 bits per heavy atom. The molecule has 218 valence electrons. The molecule has 0 aromatic carbocycles. The first-order chi connectivity index (χ1) is 20.0. The van der Waals surface area contributed by atoms with Gasteiger partial charge in [-0.15, -0.1) is 0 Å². The fraction of sp³-hybridized carbons (Fsp3) is 0.581. The first kappa shape index (κ1) is 26.8. The summed E-state index contributed by atoms with van der Waals surface area (Å²) in [6.45, 7) is 9.61. The molecule has 3 aromatic rings. The average molecular weight is 560 g/mol. The highest BCUT2D eigenvalue weighted by Crippen LogP contribution is 2.38. The fourth-order valence-electron chi connectivity index (χ4n) is 7.01. The van der Waals surface area contributed by atoms with Crippen molar-refractivity contribution < 1.29 is 14.3 Å². The van der Waals surface area contributed by atoms with Crippen molar-refractivity contribution in [3.8, 4) is 11.3 Å². The summed E-state index contributed by atoms with van der Waals surface area (Å²) in [6.07, 6.45) is 9.50. The quantitative estimate of drug-likeness (QED) is 0.471. The maximum Gasteiger partial charge on any atom is 0.225 e. The number of pyridine rings is 1. The average Bonchev–Trinajstić information content (AvgIpc) is 3.40. The maximum atomic E-state index is 12.8. The van der Waals surface area contributed by atoms with Gasteiger partial charge >= 0.3 is 0 Å². The lowest BCUT2D eigenvalue weighted by atomic mass is 9.80. The lowest BCUT2D eigenvalue weighted by Crippen LogP contribution is -2.54. The summed E-state index contributed by atoms with van der Waals surface area (Å²) >= 11 is 0. The van der Waals surface area contributed by atoms with Crippen LogP contribution in [-0.2, 0) is 19.9 Å². The monoisotopic (exact) mass is 559 g/mol. The number of ether oxygens (including phenoxy) is 2. The number of amides is 1. The molecule has 10 heteroatoms. The number of nitrogens with two attached hydrogens (primary N) is 1. The second-order valence-corrected chi connectivity index (χ2v) is 12.1. The molecule has 4 aliphatic rings. The number of hydrogen-bond donors (Lipinski definition) is 1. The SMILES string of the molecule is CCOC1(c2ccc(-c3cc4c(N5CCN(C(=O)[C@H]6C[C@H](N)C6)CC5)ccnn4c3)nc2)CCN(C2COC2)CC1. The molecule has 0 bridgehead atoms. The van der Waals surface area contributed by atoms with Gasteiger partial charge in [-0.05, 0) is 50.8 Å². The Hall–Kier alpha value is -3.05. The van der Waals surface area contributed by atoms with Crippen LogP contribution in [0.2, 0.25) is 0 Å². The molecule has 0 unspecified atom stereocenters. The van der Waals surface area contributed by atoms with E-state index in [1.54, 1.807) is 0 Å². The first-order valence-electron chi connectivity index (χ1n) is 15.2. The predicted octanol–water partition coefficient (Wildman–Crippen LogP) is 2.51. The number of fused-ring (bicyclic) bond motifs is 1. The van der Waals surface area contributed by atoms with Gasteiger partial charge in [0, 0.05) is 87.6 Å². The Kier molecular flexibility index (Phi) is 7.18. The van der Waals surface area contributed by atoms with Gasteiger partial charge in [-0.3, -0.25) is 14.7 Å². The highest BCUT2D eigenvalue weighted by atomic mass is 16.5. The second kappa shape index (κ2) is 11.0. The van der Waals surface area contributed by atoms with E-state index in [4.69, 9.17) is 20.2 Å². The highest BCUT2D eigenvalue weighted by Gasteiger charge is 2.40. The zero-order chi connectivity index (χ0) is 28.0. The number of piperidine rings is 1. The third kappa shape index (κ3) is 5.01. The molecular formula is C31H41N7O3. The molecule has 6 heterocycles. The summed E-state index contributed by atoms with van der Waals surface area (Å²) in [5, 5.41) is 4.59. The standard InChI is InChI=1S/C31H41N7O3/c1-2-41-31(6-9-35(10-7-31)26-20-40-21-26)24-3-4-27(33-18-24)23-17-29-28(5-8-34-38(29)19-23)36-11-13-37(14-12-36)30(39)22-15-25(32)16-22/h3-5,8,17-19,22,25-26H,2,6-7,9-16,20-21,32H2,1H3/t22-,25-. The number of likely N-dealkylation sites (tertiary alicyclic amines) is 1. The lowest BCUT2D eigenvalue weighted by molar-refractivity contribution is -0.139. The number of nitrogens with zero attached hydrogens (tertiary/aromatic N) is 6. The smallest absolute Gasteiger partial charge is 0.225 e. The van der Waals surface area contributed by atoms with Crippen molar-refractivity contribution in [2.24, 2.45) is 11.7 Å². The number of aromatic nitrogens is 3. The summed E-state index contributed by atoms with van der Waals surface area (Å²) in [5.74, 6) is 0.394. The van der Waals surface area contributed by atoms with Crippen molar-refractivity contribution in [2.75, 3.05) is 64.0 Å². The number of piperazine rings is 1. The molecular weight excluding hydrogens is 518 g/mol. The van der Waals surface area contributed by atoms with Crippen LogP contribution in [-0.4, -0.2) is 101 Å². The van der Waals surface area contributed by atoms with Crippen LogP contribution in [0.3, 0.4) is 0 Å². The minimum atomic E-state index is -0.282. The number of carbonyl (C=O) groups excluding carboxylic acids is 1. The molecule has 41 heavy (non-hydrogen) atoms. The van der Waals surface area contributed by atoms with E-state index in [1.807, 2.05) is 21.8 Å². The molecule has 0 spiro atoms. The van der Waals surface area contributed by atoms with E-state index < -0.39 is 0 Å². The Labute approximate surface area is 241 Å². The third-order valence-electron chi connectivity index (χ3n) is 9.69. The lowest BCUT2D eigenvalue weighted by Gasteiger charge is -2.46. The molecule has 1 aliphatic carbocycles. The molecule has 4 fully saturated rings. The Morgan fingerprint density at radius 2 is 1.88 bits per heavy atom. The largest absolute Gasteiger partial charge is 0.378 e. The van der Waals surface area contributed by atoms with E-state index in [1.165, 1.54) is 0 Å². The van der Waals surface area contributed by atoms with Crippen molar-refractivity contribution in [2.45, 2.75) is 50.3 Å². The van der Waals surface area contributed by atoms with Gasteiger partial charge in [0.25, 0.3) is 0 Å². The van der Waals surface area contributed by atoms with Crippen molar-refractivity contribution in [1.29, 1.82) is 0 Å². The number of hydrogen-bond acceptors (Lipinski definition) is 8. The highest BCUT2D eigenvalue weighted by molar-refractivity contribution is 5.81. The summed E-state index contributed by atoms with van der Waals surface area (Å²) in [5.41, 5.74) is 10.9. The zero-order valence-electron chi connectivity index (χ0n) is 24.0. The fourth-order valence-corrected chi connectivity index (χ4v) is 7.01. The van der Waals surface area contributed by atoms with Gasteiger partial charge in [0.1, 0.15) is 0 Å². The molecule has 3 saturated heterocycles. The second-order valence-electron chi connectivity index (χ2n) is 12.1. The van der Waals surface area contributed by atoms with E-state index in [2.05, 4.69) is 52.3 Å². The predicted molar refractivity (Wildman–Crippen MR) is 157 cm³/mol. The molecule has 3 aromatic heterocycles. The minimum Gasteiger partial charge on any atom is -0.378 e. The Balaban J connectivity index is 1.06. The molecule has 3 aliphatic heterocycles. The molecule has 1 amide bonds. The van der Waals surface area contributed by atoms with E-state index in [-0.39, 0.29) is 23.5 Å². The summed E-state index contributed by atoms with van der Waals surface area (Å²) in [7, 11) is 0. The molecule has 0 radical (unpaired) electrons. The normalized spacial score (nSPS) is 25.2. The molecule has 1 saturated carbocycles. The van der Waals surface area contributed by atoms with Gasteiger partial charge in [-0.2, -0.15) is 5.10 Å². The van der Waals surface area contributed by atoms with Crippen molar-refractivity contribution >= 4 is 17.1 Å². The number of anilines is 1. The van der Waals surface area contributed by atoms with Crippen molar-refractivity contribution in [3.63, 3.8) is 0 Å². The Bertz CT molecular complexity index is 1370. The van der Waals surface area contributed by atoms with Crippen LogP contribution in [0.5, 0.6) is 0 Å². The summed E-state index contributed by atoms with van der Waals surface area (Å²) in [6, 6.07) is 9.33. The van der Waals surface area contributed by atoms with Crippen LogP contribution >= 0.6 is 0 Å². The van der Waals surface area contributed by atoms with Gasteiger partial charge in [0.15, 0.2) is 0 Å². The van der Waals surface area contributed by atoms with E-state index >= 15 is 0 Å². The minimum absolute atomic E-state index is 0.120. The zero-order valence-corrected chi connectivity index (χ0v) is 24.0. The van der Waals surface area contributed by atoms with E-state index in [0.717, 1.165) is 106 Å². The van der Waals surface area contributed by atoms with Crippen LogP contribution in [0, 0.1) is 5.92 Å². The molecule has 0 atom stereocenters. The van der Waals surface area contributed by atoms with Crippen molar-refractivity contribution in [3.05, 3.63) is 48.4 Å². The summed E-state index contributed by atoms with van der Waals surface area (Å²) < 4.78 is 13.8. The van der Waals surface area contributed by atoms with E-state index in [9.17, 15) is 4.79 Å². The van der Waals surface area contributed by atoms with Gasteiger partial charge in [0.05, 0.1) is 41.8 Å². The molecule has 10 nitrogen and oxygen atoms in total. The first-order valence-corrected chi connectivity index (χ1v) is 15.2. The summed E-state index contributed by atoms with van der Waals surface area (Å²) in [4.78, 5) is 24.6.